The van der Waals surface area contributed by atoms with E-state index in [1.54, 1.807) is 0 Å². The standard InChI is InChI=1S/C24H33N3O2/c1-2-6-21(7-3-1)26-15-14-25-13-10-20-11-16-27(17-12-20)18-22-19-28-23-8-4-5-9-24(23)29-22/h1-9,20,22,25-26H,10-19H2. The van der Waals surface area contributed by atoms with E-state index in [4.69, 9.17) is 9.47 Å². The Labute approximate surface area is 174 Å². The molecule has 0 radical (unpaired) electrons. The smallest absolute Gasteiger partial charge is 0.161 e. The number of ether oxygens (including phenoxy) is 2. The largest absolute Gasteiger partial charge is 0.486 e. The molecule has 1 saturated heterocycles. The van der Waals surface area contributed by atoms with Crippen LogP contribution in [0.5, 0.6) is 11.5 Å². The van der Waals surface area contributed by atoms with Crippen LogP contribution in [0.3, 0.4) is 0 Å². The van der Waals surface area contributed by atoms with E-state index in [0.717, 1.165) is 43.6 Å². The predicted molar refractivity (Wildman–Crippen MR) is 118 cm³/mol. The summed E-state index contributed by atoms with van der Waals surface area (Å²) in [5, 5.41) is 7.02. The normalized spacial score (nSPS) is 19.8. The molecule has 0 bridgehead atoms. The van der Waals surface area contributed by atoms with Crippen molar-refractivity contribution in [2.75, 3.05) is 51.2 Å². The fourth-order valence-electron chi connectivity index (χ4n) is 4.18. The zero-order chi connectivity index (χ0) is 19.7. The Morgan fingerprint density at radius 3 is 2.45 bits per heavy atom. The molecule has 2 heterocycles. The number of benzene rings is 2. The number of anilines is 1. The van der Waals surface area contributed by atoms with Gasteiger partial charge in [-0.25, -0.2) is 0 Å². The van der Waals surface area contributed by atoms with Gasteiger partial charge < -0.3 is 20.1 Å². The van der Waals surface area contributed by atoms with Gasteiger partial charge in [0.2, 0.25) is 0 Å². The van der Waals surface area contributed by atoms with Gasteiger partial charge in [0, 0.05) is 25.3 Å². The van der Waals surface area contributed by atoms with Gasteiger partial charge in [-0.15, -0.1) is 0 Å². The maximum Gasteiger partial charge on any atom is 0.161 e. The molecule has 2 aromatic carbocycles. The number of piperidine rings is 1. The molecule has 0 spiro atoms. The highest BCUT2D eigenvalue weighted by Crippen LogP contribution is 2.31. The maximum atomic E-state index is 6.11. The first-order valence-electron chi connectivity index (χ1n) is 11.0. The van der Waals surface area contributed by atoms with Gasteiger partial charge in [0.05, 0.1) is 0 Å². The van der Waals surface area contributed by atoms with E-state index in [-0.39, 0.29) is 6.10 Å². The van der Waals surface area contributed by atoms with Crippen molar-refractivity contribution in [3.8, 4) is 11.5 Å². The summed E-state index contributed by atoms with van der Waals surface area (Å²) >= 11 is 0. The van der Waals surface area contributed by atoms with Gasteiger partial charge in [-0.1, -0.05) is 30.3 Å². The molecule has 0 saturated carbocycles. The highest BCUT2D eigenvalue weighted by atomic mass is 16.6. The highest BCUT2D eigenvalue weighted by molar-refractivity contribution is 5.42. The number of rotatable bonds is 9. The van der Waals surface area contributed by atoms with Crippen molar-refractivity contribution in [1.29, 1.82) is 0 Å². The van der Waals surface area contributed by atoms with E-state index in [1.807, 2.05) is 30.3 Å². The molecule has 2 aliphatic rings. The summed E-state index contributed by atoms with van der Waals surface area (Å²) in [5.41, 5.74) is 1.19. The molecule has 1 unspecified atom stereocenters. The third-order valence-electron chi connectivity index (χ3n) is 5.87. The lowest BCUT2D eigenvalue weighted by atomic mass is 9.93. The van der Waals surface area contributed by atoms with Crippen LogP contribution >= 0.6 is 0 Å². The fourth-order valence-corrected chi connectivity index (χ4v) is 4.18. The van der Waals surface area contributed by atoms with Gasteiger partial charge in [0.15, 0.2) is 11.5 Å². The number of para-hydroxylation sites is 3. The Hall–Kier alpha value is -2.24. The zero-order valence-electron chi connectivity index (χ0n) is 17.2. The Morgan fingerprint density at radius 2 is 1.62 bits per heavy atom. The second-order valence-electron chi connectivity index (χ2n) is 8.07. The first kappa shape index (κ1) is 20.0. The van der Waals surface area contributed by atoms with Gasteiger partial charge in [0.25, 0.3) is 0 Å². The number of hydrogen-bond acceptors (Lipinski definition) is 5. The molecule has 29 heavy (non-hydrogen) atoms. The van der Waals surface area contributed by atoms with Crippen molar-refractivity contribution in [2.24, 2.45) is 5.92 Å². The minimum Gasteiger partial charge on any atom is -0.486 e. The molecular formula is C24H33N3O2. The van der Waals surface area contributed by atoms with E-state index >= 15 is 0 Å². The summed E-state index contributed by atoms with van der Waals surface area (Å²) in [4.78, 5) is 2.54. The van der Waals surface area contributed by atoms with Crippen molar-refractivity contribution >= 4 is 5.69 Å². The Bertz CT molecular complexity index is 732. The molecule has 0 amide bonds. The van der Waals surface area contributed by atoms with Crippen LogP contribution < -0.4 is 20.1 Å². The predicted octanol–water partition coefficient (Wildman–Crippen LogP) is 3.63. The lowest BCUT2D eigenvalue weighted by Crippen LogP contribution is -2.44. The molecule has 0 aromatic heterocycles. The molecule has 2 N–H and O–H groups in total. The van der Waals surface area contributed by atoms with Gasteiger partial charge in [0.1, 0.15) is 12.7 Å². The first-order chi connectivity index (χ1) is 14.4. The van der Waals surface area contributed by atoms with Crippen molar-refractivity contribution in [3.63, 3.8) is 0 Å². The molecule has 1 fully saturated rings. The third kappa shape index (κ3) is 6.12. The van der Waals surface area contributed by atoms with Crippen LogP contribution in [0.4, 0.5) is 5.69 Å². The lowest BCUT2D eigenvalue weighted by Gasteiger charge is -2.35. The Balaban J connectivity index is 1.06. The van der Waals surface area contributed by atoms with Crippen molar-refractivity contribution < 1.29 is 9.47 Å². The summed E-state index contributed by atoms with van der Waals surface area (Å²) in [6.45, 7) is 7.03. The molecule has 2 aromatic rings. The van der Waals surface area contributed by atoms with Gasteiger partial charge in [-0.3, -0.25) is 4.90 Å². The molecule has 0 aliphatic carbocycles. The SMILES string of the molecule is c1ccc(NCCNCCC2CCN(CC3COc4ccccc4O3)CC2)cc1. The van der Waals surface area contributed by atoms with Crippen LogP contribution in [-0.2, 0) is 0 Å². The second-order valence-corrected chi connectivity index (χ2v) is 8.07. The van der Waals surface area contributed by atoms with Crippen LogP contribution in [0, 0.1) is 5.92 Å². The monoisotopic (exact) mass is 395 g/mol. The summed E-state index contributed by atoms with van der Waals surface area (Å²) < 4.78 is 12.0. The Morgan fingerprint density at radius 1 is 0.862 bits per heavy atom. The van der Waals surface area contributed by atoms with E-state index in [9.17, 15) is 0 Å². The van der Waals surface area contributed by atoms with Crippen molar-refractivity contribution in [2.45, 2.75) is 25.4 Å². The molecule has 5 nitrogen and oxygen atoms in total. The quantitative estimate of drug-likeness (QED) is 0.635. The number of nitrogens with one attached hydrogen (secondary N) is 2. The van der Waals surface area contributed by atoms with E-state index in [0.29, 0.717) is 6.61 Å². The second kappa shape index (κ2) is 10.5. The molecule has 2 aliphatic heterocycles. The molecular weight excluding hydrogens is 362 g/mol. The molecule has 156 valence electrons. The zero-order valence-corrected chi connectivity index (χ0v) is 17.2. The maximum absolute atomic E-state index is 6.11. The van der Waals surface area contributed by atoms with E-state index in [1.165, 1.54) is 38.0 Å². The topological polar surface area (TPSA) is 45.8 Å². The van der Waals surface area contributed by atoms with Gasteiger partial charge in [-0.05, 0) is 69.1 Å². The summed E-state index contributed by atoms with van der Waals surface area (Å²) in [6, 6.07) is 18.4. The first-order valence-corrected chi connectivity index (χ1v) is 11.0. The third-order valence-corrected chi connectivity index (χ3v) is 5.87. The summed E-state index contributed by atoms with van der Waals surface area (Å²) in [5.74, 6) is 2.59. The number of likely N-dealkylation sites (tertiary alicyclic amines) is 1. The van der Waals surface area contributed by atoms with Crippen LogP contribution in [0.25, 0.3) is 0 Å². The number of hydrogen-bond donors (Lipinski definition) is 2. The summed E-state index contributed by atoms with van der Waals surface area (Å²) in [6.07, 6.45) is 3.98. The van der Waals surface area contributed by atoms with Crippen molar-refractivity contribution in [3.05, 3.63) is 54.6 Å². The van der Waals surface area contributed by atoms with Crippen molar-refractivity contribution in [1.82, 2.24) is 10.2 Å². The fraction of sp³-hybridized carbons (Fsp3) is 0.500. The average Bonchev–Trinajstić information content (AvgIpc) is 2.78. The van der Waals surface area contributed by atoms with Crippen LogP contribution in [0.15, 0.2) is 54.6 Å². The average molecular weight is 396 g/mol. The molecule has 4 rings (SSSR count). The number of nitrogens with zero attached hydrogens (tertiary/aromatic N) is 1. The van der Waals surface area contributed by atoms with Crippen LogP contribution in [-0.4, -0.2) is 56.9 Å². The molecule has 1 atom stereocenters. The lowest BCUT2D eigenvalue weighted by molar-refractivity contribution is 0.0473. The Kier molecular flexibility index (Phi) is 7.27. The summed E-state index contributed by atoms with van der Waals surface area (Å²) in [7, 11) is 0. The van der Waals surface area contributed by atoms with Crippen LogP contribution in [0.2, 0.25) is 0 Å². The highest BCUT2D eigenvalue weighted by Gasteiger charge is 2.25. The van der Waals surface area contributed by atoms with Crippen LogP contribution in [0.1, 0.15) is 19.3 Å². The van der Waals surface area contributed by atoms with E-state index < -0.39 is 0 Å². The number of fused-ring (bicyclic) bond motifs is 1. The van der Waals surface area contributed by atoms with Gasteiger partial charge in [-0.2, -0.15) is 0 Å². The minimum absolute atomic E-state index is 0.139. The van der Waals surface area contributed by atoms with Gasteiger partial charge >= 0.3 is 0 Å². The molecule has 5 heteroatoms. The minimum atomic E-state index is 0.139. The van der Waals surface area contributed by atoms with E-state index in [2.05, 4.69) is 39.8 Å².